The molecule has 0 aromatic carbocycles. The molecule has 0 bridgehead atoms. The molecule has 2 heteroatoms. The molecule has 80 valence electrons. The lowest BCUT2D eigenvalue weighted by Crippen LogP contribution is -2.01. The van der Waals surface area contributed by atoms with Gasteiger partial charge in [-0.1, -0.05) is 32.1 Å². The van der Waals surface area contributed by atoms with Crippen molar-refractivity contribution >= 4 is 5.78 Å². The molecule has 0 amide bonds. The molecule has 0 aromatic rings. The minimum absolute atomic E-state index is 0.343. The van der Waals surface area contributed by atoms with E-state index < -0.39 is 0 Å². The third-order valence-corrected chi connectivity index (χ3v) is 2.10. The van der Waals surface area contributed by atoms with E-state index in [1.54, 1.807) is 0 Å². The largest absolute Gasteiger partial charge is 0.327 e. The van der Waals surface area contributed by atoms with Crippen LogP contribution in [-0.4, -0.2) is 12.3 Å². The summed E-state index contributed by atoms with van der Waals surface area (Å²) < 4.78 is 0. The number of hydrogen-bond donors (Lipinski definition) is 1. The summed E-state index contributed by atoms with van der Waals surface area (Å²) in [6.45, 7) is 4.45. The molecule has 0 radical (unpaired) electrons. The molecule has 1 aliphatic rings. The Morgan fingerprint density at radius 1 is 1.36 bits per heavy atom. The van der Waals surface area contributed by atoms with Crippen LogP contribution in [0.4, 0.5) is 0 Å². The van der Waals surface area contributed by atoms with Crippen molar-refractivity contribution in [1.29, 1.82) is 0 Å². The molecule has 2 N–H and O–H groups in total. The molecule has 14 heavy (non-hydrogen) atoms. The van der Waals surface area contributed by atoms with Crippen LogP contribution in [0.1, 0.15) is 39.5 Å². The molecular formula is C12H21NO. The standard InChI is InChI=1S/C7H11N.C5H10O/c8-6-7-4-2-1-3-5-7;1-3-5(6)4-2/h2,4-5H,1,3,6,8H2;3-4H2,1-2H3. The maximum atomic E-state index is 10.2. The van der Waals surface area contributed by atoms with Crippen molar-refractivity contribution < 1.29 is 4.79 Å². The van der Waals surface area contributed by atoms with Gasteiger partial charge in [-0.15, -0.1) is 0 Å². The number of carbonyl (C=O) groups is 1. The van der Waals surface area contributed by atoms with E-state index in [4.69, 9.17) is 5.73 Å². The fraction of sp³-hybridized carbons (Fsp3) is 0.583. The highest BCUT2D eigenvalue weighted by atomic mass is 16.1. The highest BCUT2D eigenvalue weighted by Gasteiger charge is 1.91. The molecule has 1 aliphatic carbocycles. The van der Waals surface area contributed by atoms with Crippen molar-refractivity contribution in [3.63, 3.8) is 0 Å². The Bertz CT molecular complexity index is 210. The number of Topliss-reactive ketones (excluding diaryl/α,β-unsaturated/α-hetero) is 1. The molecule has 0 aliphatic heterocycles. The molecule has 0 fully saturated rings. The lowest BCUT2D eigenvalue weighted by atomic mass is 10.1. The molecule has 0 heterocycles. The quantitative estimate of drug-likeness (QED) is 0.752. The minimum atomic E-state index is 0.343. The predicted octanol–water partition coefficient (Wildman–Crippen LogP) is 2.60. The third kappa shape index (κ3) is 6.61. The zero-order valence-corrected chi connectivity index (χ0v) is 9.25. The smallest absolute Gasteiger partial charge is 0.132 e. The number of carbonyl (C=O) groups excluding carboxylic acids is 1. The summed E-state index contributed by atoms with van der Waals surface area (Å²) in [6.07, 6.45) is 10.2. The van der Waals surface area contributed by atoms with Crippen LogP contribution in [0.15, 0.2) is 23.8 Å². The van der Waals surface area contributed by atoms with Gasteiger partial charge in [-0.25, -0.2) is 0 Å². The maximum absolute atomic E-state index is 10.2. The van der Waals surface area contributed by atoms with Crippen LogP contribution >= 0.6 is 0 Å². The molecule has 1 rings (SSSR count). The zero-order valence-electron chi connectivity index (χ0n) is 9.25. The molecule has 0 aromatic heterocycles. The first-order valence-electron chi connectivity index (χ1n) is 5.31. The Kier molecular flexibility index (Phi) is 8.14. The number of allylic oxidation sites excluding steroid dienone is 2. The number of ketones is 1. The van der Waals surface area contributed by atoms with Crippen molar-refractivity contribution in [2.45, 2.75) is 39.5 Å². The van der Waals surface area contributed by atoms with Gasteiger partial charge in [0.05, 0.1) is 0 Å². The average molecular weight is 195 g/mol. The second-order valence-electron chi connectivity index (χ2n) is 3.21. The molecular weight excluding hydrogens is 174 g/mol. The summed E-state index contributed by atoms with van der Waals surface area (Å²) in [6, 6.07) is 0. The summed E-state index contributed by atoms with van der Waals surface area (Å²) in [5, 5.41) is 0. The molecule has 0 spiro atoms. The van der Waals surface area contributed by atoms with Crippen molar-refractivity contribution in [2.24, 2.45) is 5.73 Å². The normalized spacial score (nSPS) is 14.1. The van der Waals surface area contributed by atoms with Gasteiger partial charge >= 0.3 is 0 Å². The monoisotopic (exact) mass is 195 g/mol. The Balaban J connectivity index is 0.000000255. The molecule has 0 unspecified atom stereocenters. The van der Waals surface area contributed by atoms with Crippen molar-refractivity contribution in [2.75, 3.05) is 6.54 Å². The highest BCUT2D eigenvalue weighted by Crippen LogP contribution is 2.06. The van der Waals surface area contributed by atoms with E-state index in [2.05, 4.69) is 18.2 Å². The maximum Gasteiger partial charge on any atom is 0.132 e. The van der Waals surface area contributed by atoms with Gasteiger partial charge in [0.15, 0.2) is 0 Å². The van der Waals surface area contributed by atoms with Crippen LogP contribution in [0.3, 0.4) is 0 Å². The van der Waals surface area contributed by atoms with Gasteiger partial charge in [0.25, 0.3) is 0 Å². The molecule has 2 nitrogen and oxygen atoms in total. The van der Waals surface area contributed by atoms with E-state index in [1.807, 2.05) is 13.8 Å². The van der Waals surface area contributed by atoms with E-state index in [1.165, 1.54) is 18.4 Å². The number of hydrogen-bond acceptors (Lipinski definition) is 2. The van der Waals surface area contributed by atoms with Crippen LogP contribution in [0.25, 0.3) is 0 Å². The van der Waals surface area contributed by atoms with Gasteiger partial charge in [-0.3, -0.25) is 4.79 Å². The summed E-state index contributed by atoms with van der Waals surface area (Å²) >= 11 is 0. The fourth-order valence-corrected chi connectivity index (χ4v) is 1.07. The molecule has 0 saturated carbocycles. The van der Waals surface area contributed by atoms with E-state index in [-0.39, 0.29) is 0 Å². The lowest BCUT2D eigenvalue weighted by Gasteiger charge is -2.01. The van der Waals surface area contributed by atoms with Crippen molar-refractivity contribution in [3.8, 4) is 0 Å². The van der Waals surface area contributed by atoms with Gasteiger partial charge in [0, 0.05) is 19.4 Å². The van der Waals surface area contributed by atoms with Gasteiger partial charge in [-0.2, -0.15) is 0 Å². The van der Waals surface area contributed by atoms with Gasteiger partial charge in [0.1, 0.15) is 5.78 Å². The Morgan fingerprint density at radius 3 is 2.21 bits per heavy atom. The number of rotatable bonds is 3. The average Bonchev–Trinajstić information content (AvgIpc) is 2.30. The van der Waals surface area contributed by atoms with E-state index in [0.29, 0.717) is 25.2 Å². The molecule has 0 atom stereocenters. The van der Waals surface area contributed by atoms with Crippen LogP contribution in [0.2, 0.25) is 0 Å². The Hall–Kier alpha value is -0.890. The van der Waals surface area contributed by atoms with Gasteiger partial charge < -0.3 is 5.73 Å². The molecule has 0 saturated heterocycles. The van der Waals surface area contributed by atoms with Crippen LogP contribution < -0.4 is 5.73 Å². The predicted molar refractivity (Wildman–Crippen MR) is 61.1 cm³/mol. The number of nitrogens with two attached hydrogens (primary N) is 1. The van der Waals surface area contributed by atoms with E-state index >= 15 is 0 Å². The SMILES string of the molecule is CCC(=O)CC.NCC1=CCCC=C1. The van der Waals surface area contributed by atoms with Crippen molar-refractivity contribution in [1.82, 2.24) is 0 Å². The van der Waals surface area contributed by atoms with Gasteiger partial charge in [-0.05, 0) is 18.4 Å². The first-order valence-corrected chi connectivity index (χ1v) is 5.31. The Morgan fingerprint density at radius 2 is 2.00 bits per heavy atom. The zero-order chi connectivity index (χ0) is 10.8. The Labute approximate surface area is 86.9 Å². The lowest BCUT2D eigenvalue weighted by molar-refractivity contribution is -0.118. The van der Waals surface area contributed by atoms with Crippen LogP contribution in [0, 0.1) is 0 Å². The first-order chi connectivity index (χ1) is 6.74. The van der Waals surface area contributed by atoms with Crippen LogP contribution in [-0.2, 0) is 4.79 Å². The van der Waals surface area contributed by atoms with Gasteiger partial charge in [0.2, 0.25) is 0 Å². The van der Waals surface area contributed by atoms with E-state index in [9.17, 15) is 4.79 Å². The third-order valence-electron chi connectivity index (χ3n) is 2.10. The summed E-state index contributed by atoms with van der Waals surface area (Å²) in [5.74, 6) is 0.343. The minimum Gasteiger partial charge on any atom is -0.327 e. The highest BCUT2D eigenvalue weighted by molar-refractivity contribution is 5.77. The van der Waals surface area contributed by atoms with Crippen LogP contribution in [0.5, 0.6) is 0 Å². The summed E-state index contributed by atoms with van der Waals surface area (Å²) in [4.78, 5) is 10.2. The first kappa shape index (κ1) is 13.1. The second-order valence-corrected chi connectivity index (χ2v) is 3.21. The second kappa shape index (κ2) is 8.70. The summed E-state index contributed by atoms with van der Waals surface area (Å²) in [7, 11) is 0. The fourth-order valence-electron chi connectivity index (χ4n) is 1.07. The van der Waals surface area contributed by atoms with Crippen molar-refractivity contribution in [3.05, 3.63) is 23.8 Å². The summed E-state index contributed by atoms with van der Waals surface area (Å²) in [5.41, 5.74) is 6.66. The topological polar surface area (TPSA) is 43.1 Å². The van der Waals surface area contributed by atoms with E-state index in [0.717, 1.165) is 0 Å².